The van der Waals surface area contributed by atoms with Gasteiger partial charge in [-0.25, -0.2) is 4.79 Å². The maximum Gasteiger partial charge on any atom is 0.341 e. The van der Waals surface area contributed by atoms with Crippen LogP contribution in [-0.2, 0) is 16.1 Å². The van der Waals surface area contributed by atoms with Crippen molar-refractivity contribution in [1.29, 1.82) is 0 Å². The number of esters is 1. The molecule has 0 N–H and O–H groups in total. The van der Waals surface area contributed by atoms with Crippen molar-refractivity contribution in [2.24, 2.45) is 0 Å². The third-order valence-electron chi connectivity index (χ3n) is 1.68. The molecule has 78 valence electrons. The van der Waals surface area contributed by atoms with Crippen LogP contribution in [0.25, 0.3) is 0 Å². The largest absolute Gasteiger partial charge is 0.466 e. The molecule has 0 bridgehead atoms. The van der Waals surface area contributed by atoms with Crippen LogP contribution in [0.1, 0.15) is 29.5 Å². The van der Waals surface area contributed by atoms with E-state index in [1.807, 2.05) is 6.92 Å². The molecule has 0 radical (unpaired) electrons. The summed E-state index contributed by atoms with van der Waals surface area (Å²) in [7, 11) is 1.55. The van der Waals surface area contributed by atoms with Gasteiger partial charge in [0.05, 0.1) is 12.9 Å². The minimum absolute atomic E-state index is 0.281. The molecule has 4 nitrogen and oxygen atoms in total. The quantitative estimate of drug-likeness (QED) is 0.679. The molecule has 1 heterocycles. The summed E-state index contributed by atoms with van der Waals surface area (Å²) >= 11 is 0. The number of carbonyl (C=O) groups is 1. The number of ether oxygens (including phenoxy) is 2. The molecule has 0 aromatic carbocycles. The molecule has 0 unspecified atom stereocenters. The number of methoxy groups -OCH3 is 1. The Balaban J connectivity index is 2.63. The lowest BCUT2D eigenvalue weighted by Gasteiger charge is -2.02. The molecular weight excluding hydrogens is 184 g/mol. The fourth-order valence-corrected chi connectivity index (χ4v) is 1.04. The number of carbonyl (C=O) groups excluding carboxylic acids is 1. The van der Waals surface area contributed by atoms with E-state index in [0.717, 1.165) is 6.42 Å². The van der Waals surface area contributed by atoms with Crippen molar-refractivity contribution in [2.75, 3.05) is 13.7 Å². The maximum absolute atomic E-state index is 11.4. The highest BCUT2D eigenvalue weighted by atomic mass is 16.5. The Hall–Kier alpha value is -1.29. The second-order valence-corrected chi connectivity index (χ2v) is 2.83. The third-order valence-corrected chi connectivity index (χ3v) is 1.68. The van der Waals surface area contributed by atoms with Gasteiger partial charge in [0.15, 0.2) is 0 Å². The van der Waals surface area contributed by atoms with Crippen LogP contribution in [0.4, 0.5) is 0 Å². The second kappa shape index (κ2) is 5.44. The summed E-state index contributed by atoms with van der Waals surface area (Å²) in [4.78, 5) is 11.4. The Labute approximate surface area is 82.8 Å². The van der Waals surface area contributed by atoms with Gasteiger partial charge in [0.25, 0.3) is 0 Å². The Morgan fingerprint density at radius 1 is 1.57 bits per heavy atom. The normalized spacial score (nSPS) is 10.1. The molecule has 0 aliphatic rings. The molecule has 1 aromatic heterocycles. The maximum atomic E-state index is 11.4. The molecule has 4 heteroatoms. The summed E-state index contributed by atoms with van der Waals surface area (Å²) in [6.45, 7) is 2.65. The van der Waals surface area contributed by atoms with Gasteiger partial charge in [-0.2, -0.15) is 0 Å². The molecule has 0 aliphatic carbocycles. The van der Waals surface area contributed by atoms with Gasteiger partial charge in [0.1, 0.15) is 17.9 Å². The molecule has 1 rings (SSSR count). The molecule has 0 saturated heterocycles. The van der Waals surface area contributed by atoms with Gasteiger partial charge in [0, 0.05) is 7.11 Å². The summed E-state index contributed by atoms with van der Waals surface area (Å²) in [6.07, 6.45) is 2.26. The van der Waals surface area contributed by atoms with Crippen LogP contribution < -0.4 is 0 Å². The van der Waals surface area contributed by atoms with Crippen LogP contribution in [0, 0.1) is 0 Å². The van der Waals surface area contributed by atoms with Crippen molar-refractivity contribution in [3.05, 3.63) is 23.7 Å². The van der Waals surface area contributed by atoms with Gasteiger partial charge < -0.3 is 13.9 Å². The molecule has 0 aliphatic heterocycles. The first-order valence-electron chi connectivity index (χ1n) is 4.52. The van der Waals surface area contributed by atoms with Crippen LogP contribution in [0.15, 0.2) is 16.7 Å². The van der Waals surface area contributed by atoms with E-state index in [2.05, 4.69) is 0 Å². The van der Waals surface area contributed by atoms with Crippen molar-refractivity contribution >= 4 is 5.97 Å². The number of hydrogen-bond acceptors (Lipinski definition) is 4. The van der Waals surface area contributed by atoms with Crippen LogP contribution in [0.2, 0.25) is 0 Å². The Morgan fingerprint density at radius 2 is 2.36 bits per heavy atom. The molecular formula is C10H14O4. The molecule has 0 saturated carbocycles. The molecule has 14 heavy (non-hydrogen) atoms. The van der Waals surface area contributed by atoms with Crippen molar-refractivity contribution in [3.63, 3.8) is 0 Å². The van der Waals surface area contributed by atoms with E-state index in [4.69, 9.17) is 13.9 Å². The van der Waals surface area contributed by atoms with Crippen LogP contribution >= 0.6 is 0 Å². The lowest BCUT2D eigenvalue weighted by Crippen LogP contribution is -2.07. The molecule has 1 aromatic rings. The summed E-state index contributed by atoms with van der Waals surface area (Å²) in [5, 5.41) is 0. The topological polar surface area (TPSA) is 48.7 Å². The van der Waals surface area contributed by atoms with E-state index in [1.165, 1.54) is 6.26 Å². The lowest BCUT2D eigenvalue weighted by molar-refractivity contribution is 0.0497. The Kier molecular flexibility index (Phi) is 4.19. The van der Waals surface area contributed by atoms with Crippen LogP contribution in [0.5, 0.6) is 0 Å². The molecule has 0 spiro atoms. The number of hydrogen-bond donors (Lipinski definition) is 0. The van der Waals surface area contributed by atoms with Crippen molar-refractivity contribution in [2.45, 2.75) is 20.0 Å². The molecule has 0 atom stereocenters. The van der Waals surface area contributed by atoms with Gasteiger partial charge in [-0.05, 0) is 12.5 Å². The smallest absolute Gasteiger partial charge is 0.341 e. The van der Waals surface area contributed by atoms with E-state index >= 15 is 0 Å². The highest BCUT2D eigenvalue weighted by Gasteiger charge is 2.15. The summed E-state index contributed by atoms with van der Waals surface area (Å²) < 4.78 is 14.9. The minimum Gasteiger partial charge on any atom is -0.466 e. The van der Waals surface area contributed by atoms with Gasteiger partial charge >= 0.3 is 5.97 Å². The van der Waals surface area contributed by atoms with Crippen molar-refractivity contribution in [1.82, 2.24) is 0 Å². The van der Waals surface area contributed by atoms with Crippen LogP contribution in [-0.4, -0.2) is 19.7 Å². The van der Waals surface area contributed by atoms with Gasteiger partial charge in [0.2, 0.25) is 0 Å². The Morgan fingerprint density at radius 3 is 3.00 bits per heavy atom. The van der Waals surface area contributed by atoms with Crippen molar-refractivity contribution in [3.8, 4) is 0 Å². The zero-order chi connectivity index (χ0) is 10.4. The third kappa shape index (κ3) is 2.60. The average molecular weight is 198 g/mol. The first-order chi connectivity index (χ1) is 6.79. The summed E-state index contributed by atoms with van der Waals surface area (Å²) in [6, 6.07) is 1.59. The predicted molar refractivity (Wildman–Crippen MR) is 50.0 cm³/mol. The zero-order valence-electron chi connectivity index (χ0n) is 8.41. The zero-order valence-corrected chi connectivity index (χ0v) is 8.41. The average Bonchev–Trinajstić information content (AvgIpc) is 2.63. The van der Waals surface area contributed by atoms with Crippen molar-refractivity contribution < 1.29 is 18.7 Å². The predicted octanol–water partition coefficient (Wildman–Crippen LogP) is 1.99. The SMILES string of the molecule is CCCOC(=O)c1ccoc1COC. The lowest BCUT2D eigenvalue weighted by atomic mass is 10.2. The van der Waals surface area contributed by atoms with Crippen LogP contribution in [0.3, 0.4) is 0 Å². The van der Waals surface area contributed by atoms with E-state index in [0.29, 0.717) is 17.9 Å². The summed E-state index contributed by atoms with van der Waals surface area (Å²) in [5.74, 6) is 0.154. The van der Waals surface area contributed by atoms with Gasteiger partial charge in [-0.1, -0.05) is 6.92 Å². The monoisotopic (exact) mass is 198 g/mol. The highest BCUT2D eigenvalue weighted by Crippen LogP contribution is 2.12. The first-order valence-corrected chi connectivity index (χ1v) is 4.52. The van der Waals surface area contributed by atoms with Gasteiger partial charge in [-0.15, -0.1) is 0 Å². The standard InChI is InChI=1S/C10H14O4/c1-3-5-14-10(11)8-4-6-13-9(8)7-12-2/h4,6H,3,5,7H2,1-2H3. The first kappa shape index (κ1) is 10.8. The molecule has 0 amide bonds. The fraction of sp³-hybridized carbons (Fsp3) is 0.500. The van der Waals surface area contributed by atoms with E-state index in [1.54, 1.807) is 13.2 Å². The van der Waals surface area contributed by atoms with E-state index in [9.17, 15) is 4.79 Å². The van der Waals surface area contributed by atoms with E-state index < -0.39 is 0 Å². The highest BCUT2D eigenvalue weighted by molar-refractivity contribution is 5.90. The number of rotatable bonds is 5. The number of furan rings is 1. The second-order valence-electron chi connectivity index (χ2n) is 2.83. The van der Waals surface area contributed by atoms with E-state index in [-0.39, 0.29) is 12.6 Å². The molecule has 0 fully saturated rings. The Bertz CT molecular complexity index is 290. The summed E-state index contributed by atoms with van der Waals surface area (Å²) in [5.41, 5.74) is 0.445. The fourth-order valence-electron chi connectivity index (χ4n) is 1.04. The minimum atomic E-state index is -0.354. The van der Waals surface area contributed by atoms with Gasteiger partial charge in [-0.3, -0.25) is 0 Å².